The number of carbonyl (C=O) groups is 3. The lowest BCUT2D eigenvalue weighted by atomic mass is 9.70. The van der Waals surface area contributed by atoms with Crippen LogP contribution in [0.2, 0.25) is 0 Å². The fourth-order valence-corrected chi connectivity index (χ4v) is 3.51. The Balaban J connectivity index is 2.52. The molecule has 0 radical (unpaired) electrons. The number of non-ortho nitro benzene ring substituents is 1. The van der Waals surface area contributed by atoms with Crippen molar-refractivity contribution in [2.75, 3.05) is 14.2 Å². The molecule has 0 saturated heterocycles. The minimum atomic E-state index is -1.31. The molecular formula is C18H21NO7. The number of ether oxygens (including phenoxy) is 2. The maximum Gasteiger partial charge on any atom is 0.320 e. The third kappa shape index (κ3) is 4.07. The van der Waals surface area contributed by atoms with Gasteiger partial charge < -0.3 is 9.47 Å². The molecule has 1 fully saturated rings. The second-order valence-corrected chi connectivity index (χ2v) is 6.22. The van der Waals surface area contributed by atoms with Crippen molar-refractivity contribution in [3.05, 3.63) is 39.9 Å². The smallest absolute Gasteiger partial charge is 0.320 e. The number of Topliss-reactive ketones (excluding diaryl/α,β-unsaturated/α-hetero) is 1. The van der Waals surface area contributed by atoms with Crippen molar-refractivity contribution >= 4 is 23.4 Å². The van der Waals surface area contributed by atoms with E-state index in [9.17, 15) is 24.5 Å². The van der Waals surface area contributed by atoms with Crippen LogP contribution in [0.5, 0.6) is 0 Å². The van der Waals surface area contributed by atoms with Crippen molar-refractivity contribution < 1.29 is 28.8 Å². The highest BCUT2D eigenvalue weighted by Crippen LogP contribution is 2.40. The summed E-state index contributed by atoms with van der Waals surface area (Å²) in [5, 5.41) is 10.9. The van der Waals surface area contributed by atoms with Crippen molar-refractivity contribution in [2.45, 2.75) is 31.6 Å². The normalized spacial score (nSPS) is 18.3. The SMILES string of the molecule is COC(=O)C(C(=O)OC)C(c1ccc([N+](=O)[O-])cc1)C1CCCCC1=O. The van der Waals surface area contributed by atoms with Crippen LogP contribution in [0, 0.1) is 22.0 Å². The van der Waals surface area contributed by atoms with Gasteiger partial charge in [-0.1, -0.05) is 18.6 Å². The van der Waals surface area contributed by atoms with Gasteiger partial charge in [0.05, 0.1) is 19.1 Å². The molecule has 0 amide bonds. The van der Waals surface area contributed by atoms with Crippen molar-refractivity contribution in [2.24, 2.45) is 11.8 Å². The van der Waals surface area contributed by atoms with E-state index in [1.807, 2.05) is 0 Å². The molecule has 0 aliphatic heterocycles. The maximum absolute atomic E-state index is 12.5. The molecule has 2 unspecified atom stereocenters. The summed E-state index contributed by atoms with van der Waals surface area (Å²) >= 11 is 0. The lowest BCUT2D eigenvalue weighted by Gasteiger charge is -2.32. The summed E-state index contributed by atoms with van der Waals surface area (Å²) in [6.07, 6.45) is 2.48. The highest BCUT2D eigenvalue weighted by Gasteiger charge is 2.45. The molecule has 26 heavy (non-hydrogen) atoms. The number of nitro groups is 1. The first-order valence-corrected chi connectivity index (χ1v) is 8.33. The summed E-state index contributed by atoms with van der Waals surface area (Å²) in [7, 11) is 2.32. The van der Waals surface area contributed by atoms with Crippen molar-refractivity contribution in [3.63, 3.8) is 0 Å². The molecule has 0 bridgehead atoms. The molecule has 140 valence electrons. The van der Waals surface area contributed by atoms with Gasteiger partial charge in [-0.05, 0) is 18.4 Å². The van der Waals surface area contributed by atoms with Gasteiger partial charge in [-0.15, -0.1) is 0 Å². The summed E-state index contributed by atoms with van der Waals surface area (Å²) in [6.45, 7) is 0. The predicted molar refractivity (Wildman–Crippen MR) is 90.3 cm³/mol. The molecule has 2 atom stereocenters. The van der Waals surface area contributed by atoms with Crippen molar-refractivity contribution in [1.82, 2.24) is 0 Å². The van der Waals surface area contributed by atoms with Crippen LogP contribution in [-0.4, -0.2) is 36.9 Å². The van der Waals surface area contributed by atoms with Gasteiger partial charge in [0.25, 0.3) is 5.69 Å². The third-order valence-electron chi connectivity index (χ3n) is 4.79. The van der Waals surface area contributed by atoms with E-state index >= 15 is 0 Å². The number of nitro benzene ring substituents is 1. The molecule has 0 spiro atoms. The number of hydrogen-bond acceptors (Lipinski definition) is 7. The van der Waals surface area contributed by atoms with Gasteiger partial charge in [0.2, 0.25) is 0 Å². The number of hydrogen-bond donors (Lipinski definition) is 0. The average Bonchev–Trinajstić information content (AvgIpc) is 2.65. The van der Waals surface area contributed by atoms with E-state index in [1.54, 1.807) is 0 Å². The molecule has 1 aliphatic rings. The zero-order valence-electron chi connectivity index (χ0n) is 14.7. The van der Waals surface area contributed by atoms with E-state index in [0.29, 0.717) is 18.4 Å². The zero-order chi connectivity index (χ0) is 19.3. The van der Waals surface area contributed by atoms with E-state index in [4.69, 9.17) is 9.47 Å². The monoisotopic (exact) mass is 363 g/mol. The first-order chi connectivity index (χ1) is 12.4. The molecule has 0 N–H and O–H groups in total. The Labute approximate surface area is 150 Å². The summed E-state index contributed by atoms with van der Waals surface area (Å²) < 4.78 is 9.53. The van der Waals surface area contributed by atoms with E-state index in [0.717, 1.165) is 27.1 Å². The lowest BCUT2D eigenvalue weighted by Crippen LogP contribution is -2.39. The lowest BCUT2D eigenvalue weighted by molar-refractivity contribution is -0.384. The van der Waals surface area contributed by atoms with Gasteiger partial charge in [0, 0.05) is 30.4 Å². The predicted octanol–water partition coefficient (Wildman–Crippen LogP) is 2.40. The minimum absolute atomic E-state index is 0.0302. The van der Waals surface area contributed by atoms with E-state index in [-0.39, 0.29) is 11.5 Å². The highest BCUT2D eigenvalue weighted by atomic mass is 16.6. The molecule has 1 aliphatic carbocycles. The minimum Gasteiger partial charge on any atom is -0.468 e. The highest BCUT2D eigenvalue weighted by molar-refractivity contribution is 5.97. The van der Waals surface area contributed by atoms with Gasteiger partial charge >= 0.3 is 11.9 Å². The van der Waals surface area contributed by atoms with Crippen molar-refractivity contribution in [1.29, 1.82) is 0 Å². The Morgan fingerprint density at radius 1 is 1.12 bits per heavy atom. The van der Waals surface area contributed by atoms with Crippen LogP contribution in [-0.2, 0) is 23.9 Å². The molecule has 8 heteroatoms. The number of benzene rings is 1. The molecule has 1 aromatic carbocycles. The van der Waals surface area contributed by atoms with Crippen LogP contribution < -0.4 is 0 Å². The second kappa shape index (κ2) is 8.55. The van der Waals surface area contributed by atoms with Crippen LogP contribution in [0.1, 0.15) is 37.2 Å². The third-order valence-corrected chi connectivity index (χ3v) is 4.79. The molecule has 1 saturated carbocycles. The van der Waals surface area contributed by atoms with Gasteiger partial charge in [-0.25, -0.2) is 0 Å². The number of methoxy groups -OCH3 is 2. The van der Waals surface area contributed by atoms with Crippen molar-refractivity contribution in [3.8, 4) is 0 Å². The van der Waals surface area contributed by atoms with Gasteiger partial charge in [0.1, 0.15) is 5.78 Å². The summed E-state index contributed by atoms with van der Waals surface area (Å²) in [6, 6.07) is 5.54. The van der Waals surface area contributed by atoms with Crippen LogP contribution >= 0.6 is 0 Å². The van der Waals surface area contributed by atoms with Gasteiger partial charge in [-0.3, -0.25) is 24.5 Å². The zero-order valence-corrected chi connectivity index (χ0v) is 14.7. The first-order valence-electron chi connectivity index (χ1n) is 8.33. The first kappa shape index (κ1) is 19.6. The number of nitrogens with zero attached hydrogens (tertiary/aromatic N) is 1. The Hall–Kier alpha value is -2.77. The van der Waals surface area contributed by atoms with E-state index in [2.05, 4.69) is 0 Å². The Morgan fingerprint density at radius 2 is 1.69 bits per heavy atom. The molecular weight excluding hydrogens is 342 g/mol. The van der Waals surface area contributed by atoms with E-state index < -0.39 is 34.6 Å². The fraction of sp³-hybridized carbons (Fsp3) is 0.500. The Kier molecular flexibility index (Phi) is 6.43. The second-order valence-electron chi connectivity index (χ2n) is 6.22. The number of carbonyl (C=O) groups excluding carboxylic acids is 3. The molecule has 0 heterocycles. The van der Waals surface area contributed by atoms with Gasteiger partial charge in [-0.2, -0.15) is 0 Å². The Morgan fingerprint density at radius 3 is 2.15 bits per heavy atom. The molecule has 0 aromatic heterocycles. The van der Waals surface area contributed by atoms with Gasteiger partial charge in [0.15, 0.2) is 5.92 Å². The summed E-state index contributed by atoms with van der Waals surface area (Å²) in [5.41, 5.74) is 0.381. The van der Waals surface area contributed by atoms with Crippen LogP contribution in [0.25, 0.3) is 0 Å². The fourth-order valence-electron chi connectivity index (χ4n) is 3.51. The topological polar surface area (TPSA) is 113 Å². The quantitative estimate of drug-likeness (QED) is 0.330. The summed E-state index contributed by atoms with van der Waals surface area (Å²) in [5.74, 6) is -4.26. The van der Waals surface area contributed by atoms with E-state index in [1.165, 1.54) is 24.3 Å². The van der Waals surface area contributed by atoms with Crippen LogP contribution in [0.15, 0.2) is 24.3 Å². The number of rotatable bonds is 6. The molecule has 2 rings (SSSR count). The average molecular weight is 363 g/mol. The maximum atomic E-state index is 12.5. The molecule has 1 aromatic rings. The number of esters is 2. The van der Waals surface area contributed by atoms with Crippen LogP contribution in [0.3, 0.4) is 0 Å². The largest absolute Gasteiger partial charge is 0.468 e. The van der Waals surface area contributed by atoms with Crippen LogP contribution in [0.4, 0.5) is 5.69 Å². The standard InChI is InChI=1S/C18H21NO7/c1-25-17(21)16(18(22)26-2)15(13-5-3-4-6-14(13)20)11-7-9-12(10-8-11)19(23)24/h7-10,13,15-16H,3-6H2,1-2H3. The number of ketones is 1. The Bertz CT molecular complexity index is 682. The molecule has 8 nitrogen and oxygen atoms in total. The summed E-state index contributed by atoms with van der Waals surface area (Å²) in [4.78, 5) is 47.5.